The molecule has 0 atom stereocenters. The van der Waals surface area contributed by atoms with E-state index in [1.165, 1.54) is 45.5 Å². The van der Waals surface area contributed by atoms with E-state index in [1.807, 2.05) is 20.8 Å². The maximum atomic E-state index is 4.39. The van der Waals surface area contributed by atoms with Crippen molar-refractivity contribution in [3.05, 3.63) is 142 Å². The van der Waals surface area contributed by atoms with Gasteiger partial charge >= 0.3 is 142 Å². The molecule has 8 heteroatoms. The number of hydrogen-bond donors (Lipinski definition) is 3. The predicted octanol–water partition coefficient (Wildman–Crippen LogP) is 5.43. The molecule has 44 heavy (non-hydrogen) atoms. The van der Waals surface area contributed by atoms with E-state index < -0.39 is 21.8 Å². The van der Waals surface area contributed by atoms with Crippen LogP contribution < -0.4 is 16.4 Å². The van der Waals surface area contributed by atoms with E-state index in [0.29, 0.717) is 0 Å². The third-order valence-corrected chi connectivity index (χ3v) is 15.0. The summed E-state index contributed by atoms with van der Waals surface area (Å²) < 4.78 is 3.98. The average Bonchev–Trinajstić information content (AvgIpc) is 3.67. The first-order chi connectivity index (χ1) is 21.3. The molecule has 6 aromatic rings. The summed E-state index contributed by atoms with van der Waals surface area (Å²) in [6, 6.07) is 33.1. The van der Waals surface area contributed by atoms with E-state index in [4.69, 9.17) is 0 Å². The third-order valence-electron chi connectivity index (χ3n) is 8.31. The van der Waals surface area contributed by atoms with E-state index in [9.17, 15) is 0 Å². The molecule has 0 aliphatic carbocycles. The Morgan fingerprint density at radius 2 is 0.727 bits per heavy atom. The quantitative estimate of drug-likeness (QED) is 0.181. The second-order valence-corrected chi connectivity index (χ2v) is 18.0. The van der Waals surface area contributed by atoms with Gasteiger partial charge in [0.15, 0.2) is 0 Å². The Morgan fingerprint density at radius 3 is 0.955 bits per heavy atom. The number of H-pyrrole nitrogens is 3. The van der Waals surface area contributed by atoms with Crippen LogP contribution in [0.3, 0.4) is 0 Å². The number of hydrogen-bond acceptors (Lipinski definition) is 3. The van der Waals surface area contributed by atoms with E-state index in [0.717, 1.165) is 34.2 Å². The number of nitrogens with zero attached hydrogens (tertiary/aromatic N) is 3. The maximum absolute atomic E-state index is 4.39. The summed E-state index contributed by atoms with van der Waals surface area (Å²) in [7, 11) is 0. The van der Waals surface area contributed by atoms with Crippen LogP contribution in [0.4, 0.5) is 0 Å². The van der Waals surface area contributed by atoms with Gasteiger partial charge < -0.3 is 0 Å². The van der Waals surface area contributed by atoms with Gasteiger partial charge in [-0.1, -0.05) is 0 Å². The summed E-state index contributed by atoms with van der Waals surface area (Å²) in [5.74, 6) is 0. The third kappa shape index (κ3) is 7.65. The van der Waals surface area contributed by atoms with Gasteiger partial charge in [0.25, 0.3) is 6.71 Å². The van der Waals surface area contributed by atoms with E-state index in [1.54, 1.807) is 0 Å². The van der Waals surface area contributed by atoms with Crippen molar-refractivity contribution in [3.8, 4) is 0 Å². The first-order valence-corrected chi connectivity index (χ1v) is 20.5. The molecular formula is C36H42BN6Zr. The summed E-state index contributed by atoms with van der Waals surface area (Å²) in [5.41, 5.74) is 14.5. The number of nitrogens with one attached hydrogen (secondary N) is 3. The van der Waals surface area contributed by atoms with Crippen LogP contribution in [0.2, 0.25) is 0 Å². The van der Waals surface area contributed by atoms with Crippen molar-refractivity contribution in [1.29, 1.82) is 0 Å². The number of aryl methyl sites for hydroxylation is 6. The van der Waals surface area contributed by atoms with Gasteiger partial charge in [-0.05, 0) is 57.9 Å². The van der Waals surface area contributed by atoms with Gasteiger partial charge in [-0.2, -0.15) is 15.3 Å². The summed E-state index contributed by atoms with van der Waals surface area (Å²) in [6.07, 6.45) is 0. The molecule has 0 unspecified atom stereocenters. The molecular weight excluding hydrogens is 618 g/mol. The van der Waals surface area contributed by atoms with Crippen LogP contribution in [0.15, 0.2) is 91.0 Å². The van der Waals surface area contributed by atoms with Gasteiger partial charge in [-0.15, -0.1) is 0 Å². The van der Waals surface area contributed by atoms with Crippen LogP contribution in [-0.4, -0.2) is 37.3 Å². The van der Waals surface area contributed by atoms with Gasteiger partial charge in [0.05, 0.1) is 17.1 Å². The molecule has 3 aromatic carbocycles. The molecule has 0 saturated carbocycles. The van der Waals surface area contributed by atoms with Gasteiger partial charge in [0.2, 0.25) is 0 Å². The van der Waals surface area contributed by atoms with Crippen LogP contribution in [0.5, 0.6) is 0 Å². The number of benzene rings is 3. The molecule has 0 fully saturated rings. The Labute approximate surface area is 269 Å². The molecule has 0 aliphatic heterocycles. The Kier molecular flexibility index (Phi) is 10.7. The molecule has 0 saturated heterocycles. The molecule has 223 valence electrons. The number of aromatic amines is 3. The zero-order valence-electron chi connectivity index (χ0n) is 26.7. The van der Waals surface area contributed by atoms with Crippen molar-refractivity contribution in [3.63, 3.8) is 0 Å². The molecule has 3 aromatic heterocycles. The minimum atomic E-state index is -1.56. The SMILES string of the molecule is Cc1n[nH]c(C)c1B(c1c(C)n[nH]c1C)c1c(C)n[nH]c1C.c1ccc([CH2][Zr]([CH2]c2ccccc2)[CH2]c2ccccc2)cc1. The van der Waals surface area contributed by atoms with E-state index >= 15 is 0 Å². The van der Waals surface area contributed by atoms with Crippen molar-refractivity contribution in [2.45, 2.75) is 53.9 Å². The Morgan fingerprint density at radius 1 is 0.455 bits per heavy atom. The molecule has 0 bridgehead atoms. The van der Waals surface area contributed by atoms with Gasteiger partial charge in [0.1, 0.15) is 0 Å². The van der Waals surface area contributed by atoms with E-state index in [-0.39, 0.29) is 6.71 Å². The summed E-state index contributed by atoms with van der Waals surface area (Å²) >= 11 is -1.56. The summed E-state index contributed by atoms with van der Waals surface area (Å²) in [4.78, 5) is 0. The fourth-order valence-electron chi connectivity index (χ4n) is 6.23. The molecule has 0 aliphatic rings. The Hall–Kier alpha value is -3.76. The fourth-order valence-corrected chi connectivity index (χ4v) is 13.1. The van der Waals surface area contributed by atoms with Crippen LogP contribution in [0, 0.1) is 41.5 Å². The zero-order valence-corrected chi connectivity index (χ0v) is 29.2. The van der Waals surface area contributed by atoms with Crippen molar-refractivity contribution < 1.29 is 21.8 Å². The monoisotopic (exact) mass is 659 g/mol. The first-order valence-electron chi connectivity index (χ1n) is 15.3. The van der Waals surface area contributed by atoms with Gasteiger partial charge in [0, 0.05) is 17.1 Å². The first kappa shape index (κ1) is 31.7. The van der Waals surface area contributed by atoms with Crippen LogP contribution in [-0.2, 0) is 34.1 Å². The van der Waals surface area contributed by atoms with Crippen LogP contribution in [0.25, 0.3) is 0 Å². The Balaban J connectivity index is 0.000000175. The van der Waals surface area contributed by atoms with Crippen LogP contribution >= 0.6 is 0 Å². The molecule has 3 heterocycles. The Bertz CT molecular complexity index is 1490. The van der Waals surface area contributed by atoms with E-state index in [2.05, 4.69) is 142 Å². The zero-order chi connectivity index (χ0) is 31.1. The van der Waals surface area contributed by atoms with Crippen molar-refractivity contribution >= 4 is 23.1 Å². The van der Waals surface area contributed by atoms with Gasteiger partial charge in [-0.25, -0.2) is 0 Å². The molecule has 0 spiro atoms. The van der Waals surface area contributed by atoms with Crippen molar-refractivity contribution in [2.24, 2.45) is 0 Å². The second kappa shape index (κ2) is 14.8. The molecule has 0 amide bonds. The molecule has 0 radical (unpaired) electrons. The van der Waals surface area contributed by atoms with Crippen LogP contribution in [0.1, 0.15) is 50.9 Å². The van der Waals surface area contributed by atoms with Crippen molar-refractivity contribution in [1.82, 2.24) is 30.6 Å². The number of aromatic nitrogens is 6. The summed E-state index contributed by atoms with van der Waals surface area (Å²) in [5, 5.41) is 22.5. The van der Waals surface area contributed by atoms with Crippen molar-refractivity contribution in [2.75, 3.05) is 0 Å². The molecule has 6 rings (SSSR count). The fraction of sp³-hybridized carbons (Fsp3) is 0.250. The second-order valence-electron chi connectivity index (χ2n) is 11.7. The van der Waals surface area contributed by atoms with Gasteiger partial charge in [-0.3, -0.25) is 15.3 Å². The predicted molar refractivity (Wildman–Crippen MR) is 179 cm³/mol. The summed E-state index contributed by atoms with van der Waals surface area (Å²) in [6.45, 7) is 12.4. The topological polar surface area (TPSA) is 86.0 Å². The standard InChI is InChI=1S/C15H21BN6.3C7H7.Zr/c1-7-13(8(2)18-17-7)16(14-9(3)19-20-10(14)4)15-11(5)21-22-12(15)6;3*1-7-5-3-2-4-6-7;/h1-6H3,(H,17,18)(H,19,20)(H,21,22);3*2-6H,1H2;. The molecule has 3 N–H and O–H groups in total. The minimum absolute atomic E-state index is 0.0799. The average molecular weight is 661 g/mol. The molecule has 6 nitrogen and oxygen atoms in total. The normalized spacial score (nSPS) is 10.8. The number of rotatable bonds is 9.